The van der Waals surface area contributed by atoms with Crippen molar-refractivity contribution in [3.63, 3.8) is 0 Å². The second-order valence-electron chi connectivity index (χ2n) is 4.61. The molecule has 0 aliphatic carbocycles. The predicted octanol–water partition coefficient (Wildman–Crippen LogP) is 0.844. The molecule has 2 atom stereocenters. The molecule has 2 bridgehead atoms. The smallest absolute Gasteiger partial charge is 0.155 e. The van der Waals surface area contributed by atoms with E-state index >= 15 is 0 Å². The van der Waals surface area contributed by atoms with Crippen LogP contribution in [0.3, 0.4) is 0 Å². The molecule has 3 nitrogen and oxygen atoms in total. The first-order valence-electron chi connectivity index (χ1n) is 5.30. The van der Waals surface area contributed by atoms with E-state index in [9.17, 15) is 0 Å². The highest BCUT2D eigenvalue weighted by Crippen LogP contribution is 2.42. The van der Waals surface area contributed by atoms with E-state index in [1.165, 1.54) is 25.9 Å². The number of ether oxygens (including phenoxy) is 2. The van der Waals surface area contributed by atoms with Gasteiger partial charge in [0, 0.05) is 6.54 Å². The van der Waals surface area contributed by atoms with E-state index in [4.69, 9.17) is 9.47 Å². The zero-order valence-electron chi connectivity index (χ0n) is 8.16. The van der Waals surface area contributed by atoms with Gasteiger partial charge < -0.3 is 14.4 Å². The minimum atomic E-state index is 0.0144. The number of hydrogen-bond donors (Lipinski definition) is 0. The van der Waals surface area contributed by atoms with Gasteiger partial charge in [0.05, 0.1) is 6.61 Å². The summed E-state index contributed by atoms with van der Waals surface area (Å²) in [5.41, 5.74) is 0.0654. The maximum absolute atomic E-state index is 5.96. The van der Waals surface area contributed by atoms with Gasteiger partial charge >= 0.3 is 0 Å². The number of nitrogens with zero attached hydrogens (tertiary/aromatic N) is 1. The van der Waals surface area contributed by atoms with Crippen molar-refractivity contribution in [1.82, 2.24) is 4.90 Å². The molecule has 4 aliphatic heterocycles. The van der Waals surface area contributed by atoms with Gasteiger partial charge in [-0.25, -0.2) is 0 Å². The second-order valence-corrected chi connectivity index (χ2v) is 4.61. The molecule has 0 amide bonds. The first-order chi connectivity index (χ1) is 6.28. The van der Waals surface area contributed by atoms with Crippen LogP contribution >= 0.6 is 0 Å². The summed E-state index contributed by atoms with van der Waals surface area (Å²) in [5.74, 6) is 0.752. The van der Waals surface area contributed by atoms with E-state index in [0.717, 1.165) is 19.1 Å². The number of hydrogen-bond acceptors (Lipinski definition) is 3. The quantitative estimate of drug-likeness (QED) is 0.555. The Balaban J connectivity index is 1.83. The van der Waals surface area contributed by atoms with E-state index in [-0.39, 0.29) is 11.9 Å². The molecular weight excluding hydrogens is 166 g/mol. The van der Waals surface area contributed by atoms with Crippen LogP contribution in [0, 0.1) is 5.92 Å². The molecule has 1 spiro atoms. The fourth-order valence-electron chi connectivity index (χ4n) is 3.08. The molecule has 4 aliphatic rings. The highest BCUT2D eigenvalue weighted by Gasteiger charge is 2.51. The Kier molecular flexibility index (Phi) is 1.70. The van der Waals surface area contributed by atoms with Gasteiger partial charge in [-0.1, -0.05) is 0 Å². The van der Waals surface area contributed by atoms with Crippen LogP contribution < -0.4 is 0 Å². The third-order valence-electron chi connectivity index (χ3n) is 3.79. The zero-order valence-corrected chi connectivity index (χ0v) is 8.16. The van der Waals surface area contributed by atoms with E-state index in [1.807, 2.05) is 6.92 Å². The van der Waals surface area contributed by atoms with Gasteiger partial charge in [-0.2, -0.15) is 0 Å². The van der Waals surface area contributed by atoms with Crippen LogP contribution in [0.5, 0.6) is 0 Å². The van der Waals surface area contributed by atoms with Crippen LogP contribution in [-0.4, -0.2) is 43.0 Å². The molecule has 0 saturated carbocycles. The van der Waals surface area contributed by atoms with Gasteiger partial charge in [0.25, 0.3) is 0 Å². The summed E-state index contributed by atoms with van der Waals surface area (Å²) in [7, 11) is 0. The number of fused-ring (bicyclic) bond motifs is 2. The van der Waals surface area contributed by atoms with Gasteiger partial charge in [0.2, 0.25) is 0 Å². The summed E-state index contributed by atoms with van der Waals surface area (Å²) in [6, 6.07) is 0. The average Bonchev–Trinajstić information content (AvgIpc) is 2.49. The van der Waals surface area contributed by atoms with E-state index in [2.05, 4.69) is 4.90 Å². The second kappa shape index (κ2) is 2.69. The molecule has 0 aromatic rings. The summed E-state index contributed by atoms with van der Waals surface area (Å²) in [5, 5.41) is 0. The lowest BCUT2D eigenvalue weighted by Gasteiger charge is -2.50. The third-order valence-corrected chi connectivity index (χ3v) is 3.79. The Morgan fingerprint density at radius 1 is 1.31 bits per heavy atom. The Morgan fingerprint density at radius 3 is 2.54 bits per heavy atom. The van der Waals surface area contributed by atoms with Crippen molar-refractivity contribution in [3.05, 3.63) is 0 Å². The number of piperidine rings is 3. The zero-order chi connectivity index (χ0) is 8.89. The number of rotatable bonds is 0. The molecule has 1 unspecified atom stereocenters. The topological polar surface area (TPSA) is 21.7 Å². The van der Waals surface area contributed by atoms with E-state index in [1.54, 1.807) is 0 Å². The van der Waals surface area contributed by atoms with E-state index < -0.39 is 0 Å². The minimum absolute atomic E-state index is 0.0144. The molecule has 13 heavy (non-hydrogen) atoms. The Bertz CT molecular complexity index is 213. The highest BCUT2D eigenvalue weighted by molar-refractivity contribution is 5.01. The standard InChI is InChI=1S/C10H17NO2/c1-8-12-7-10(13-8)6-11-4-2-9(10)3-5-11/h8-9H,2-7H2,1H3/t8-,10?/m0/s1. The predicted molar refractivity (Wildman–Crippen MR) is 48.4 cm³/mol. The molecular formula is C10H17NO2. The van der Waals surface area contributed by atoms with Crippen LogP contribution in [0.2, 0.25) is 0 Å². The fourth-order valence-corrected chi connectivity index (χ4v) is 3.08. The molecule has 0 aromatic carbocycles. The summed E-state index contributed by atoms with van der Waals surface area (Å²) in [4.78, 5) is 2.52. The lowest BCUT2D eigenvalue weighted by molar-refractivity contribution is -0.145. The lowest BCUT2D eigenvalue weighted by atomic mass is 9.76. The molecule has 4 fully saturated rings. The van der Waals surface area contributed by atoms with Crippen molar-refractivity contribution in [2.75, 3.05) is 26.2 Å². The maximum atomic E-state index is 5.96. The largest absolute Gasteiger partial charge is 0.350 e. The molecule has 3 heteroatoms. The van der Waals surface area contributed by atoms with Crippen LogP contribution in [0.1, 0.15) is 19.8 Å². The monoisotopic (exact) mass is 183 g/mol. The normalized spacial score (nSPS) is 54.7. The molecule has 4 rings (SSSR count). The maximum Gasteiger partial charge on any atom is 0.155 e. The minimum Gasteiger partial charge on any atom is -0.350 e. The lowest BCUT2D eigenvalue weighted by Crippen LogP contribution is -2.60. The molecule has 0 aromatic heterocycles. The van der Waals surface area contributed by atoms with Crippen LogP contribution in [-0.2, 0) is 9.47 Å². The van der Waals surface area contributed by atoms with E-state index in [0.29, 0.717) is 0 Å². The van der Waals surface area contributed by atoms with Crippen LogP contribution in [0.4, 0.5) is 0 Å². The summed E-state index contributed by atoms with van der Waals surface area (Å²) in [6.07, 6.45) is 2.62. The van der Waals surface area contributed by atoms with Crippen LogP contribution in [0.15, 0.2) is 0 Å². The van der Waals surface area contributed by atoms with Crippen molar-refractivity contribution < 1.29 is 9.47 Å². The van der Waals surface area contributed by atoms with Crippen molar-refractivity contribution >= 4 is 0 Å². The Morgan fingerprint density at radius 2 is 2.08 bits per heavy atom. The van der Waals surface area contributed by atoms with Gasteiger partial charge in [0.15, 0.2) is 6.29 Å². The molecule has 0 N–H and O–H groups in total. The van der Waals surface area contributed by atoms with Crippen molar-refractivity contribution in [1.29, 1.82) is 0 Å². The van der Waals surface area contributed by atoms with Crippen molar-refractivity contribution in [2.24, 2.45) is 5.92 Å². The Hall–Kier alpha value is -0.120. The van der Waals surface area contributed by atoms with Gasteiger partial charge in [-0.05, 0) is 38.8 Å². The molecule has 4 saturated heterocycles. The summed E-state index contributed by atoms with van der Waals surface area (Å²) >= 11 is 0. The molecule has 4 heterocycles. The SMILES string of the molecule is C[C@H]1OCC2(CN3CCC2CC3)O1. The highest BCUT2D eigenvalue weighted by atomic mass is 16.7. The Labute approximate surface area is 79.0 Å². The van der Waals surface area contributed by atoms with Crippen molar-refractivity contribution in [2.45, 2.75) is 31.7 Å². The molecule has 74 valence electrons. The fraction of sp³-hybridized carbons (Fsp3) is 1.00. The molecule has 0 radical (unpaired) electrons. The van der Waals surface area contributed by atoms with Gasteiger partial charge in [-0.15, -0.1) is 0 Å². The first-order valence-corrected chi connectivity index (χ1v) is 5.30. The van der Waals surface area contributed by atoms with Gasteiger partial charge in [0.1, 0.15) is 5.60 Å². The average molecular weight is 183 g/mol. The summed E-state index contributed by atoms with van der Waals surface area (Å²) in [6.45, 7) is 6.46. The van der Waals surface area contributed by atoms with Crippen LogP contribution in [0.25, 0.3) is 0 Å². The van der Waals surface area contributed by atoms with Gasteiger partial charge in [-0.3, -0.25) is 0 Å². The third kappa shape index (κ3) is 1.14. The van der Waals surface area contributed by atoms with Crippen molar-refractivity contribution in [3.8, 4) is 0 Å². The summed E-state index contributed by atoms with van der Waals surface area (Å²) < 4.78 is 11.5. The first kappa shape index (κ1) is 8.21.